The number of nitrogens with one attached hydrogen (secondary N) is 1. The van der Waals surface area contributed by atoms with Gasteiger partial charge in [0.05, 0.1) is 0 Å². The van der Waals surface area contributed by atoms with Crippen molar-refractivity contribution in [3.05, 3.63) is 29.3 Å². The van der Waals surface area contributed by atoms with Gasteiger partial charge in [-0.3, -0.25) is 0 Å². The lowest BCUT2D eigenvalue weighted by atomic mass is 9.96. The first kappa shape index (κ1) is 10.1. The molecule has 0 amide bonds. The van der Waals surface area contributed by atoms with Crippen molar-refractivity contribution in [3.63, 3.8) is 0 Å². The maximum absolute atomic E-state index is 9.23. The summed E-state index contributed by atoms with van der Waals surface area (Å²) in [5.74, 6) is 0.837. The van der Waals surface area contributed by atoms with Crippen molar-refractivity contribution in [3.8, 4) is 5.75 Å². The summed E-state index contributed by atoms with van der Waals surface area (Å²) in [5.41, 5.74) is 2.45. The van der Waals surface area contributed by atoms with Gasteiger partial charge in [-0.05, 0) is 43.1 Å². The van der Waals surface area contributed by atoms with Crippen molar-refractivity contribution in [1.82, 2.24) is 5.32 Å². The van der Waals surface area contributed by atoms with Crippen LogP contribution in [-0.4, -0.2) is 18.7 Å². The normalized spacial score (nSPS) is 12.8. The maximum Gasteiger partial charge on any atom is 0.115 e. The summed E-state index contributed by atoms with van der Waals surface area (Å²) in [7, 11) is 1.95. The molecule has 0 heterocycles. The number of likely N-dealkylation sites (N-methyl/N-ethyl adjacent to an activating group) is 1. The highest BCUT2D eigenvalue weighted by Gasteiger charge is 2.07. The van der Waals surface area contributed by atoms with E-state index in [1.54, 1.807) is 6.07 Å². The Morgan fingerprint density at radius 2 is 2.15 bits per heavy atom. The Morgan fingerprint density at radius 3 is 2.69 bits per heavy atom. The van der Waals surface area contributed by atoms with Gasteiger partial charge in [0.2, 0.25) is 0 Å². The summed E-state index contributed by atoms with van der Waals surface area (Å²) < 4.78 is 0. The number of aromatic hydroxyl groups is 1. The summed E-state index contributed by atoms with van der Waals surface area (Å²) >= 11 is 0. The van der Waals surface area contributed by atoms with E-state index in [9.17, 15) is 5.11 Å². The van der Waals surface area contributed by atoms with Crippen LogP contribution < -0.4 is 5.32 Å². The molecule has 0 aliphatic carbocycles. The van der Waals surface area contributed by atoms with Crippen molar-refractivity contribution in [2.75, 3.05) is 13.6 Å². The van der Waals surface area contributed by atoms with Crippen LogP contribution in [0.2, 0.25) is 0 Å². The van der Waals surface area contributed by atoms with Gasteiger partial charge in [0.25, 0.3) is 0 Å². The van der Waals surface area contributed by atoms with Crippen molar-refractivity contribution >= 4 is 0 Å². The molecule has 13 heavy (non-hydrogen) atoms. The number of aryl methyl sites for hydroxylation is 1. The molecule has 2 nitrogen and oxygen atoms in total. The minimum atomic E-state index is 0.345. The quantitative estimate of drug-likeness (QED) is 0.744. The van der Waals surface area contributed by atoms with Crippen molar-refractivity contribution in [1.29, 1.82) is 0 Å². The van der Waals surface area contributed by atoms with Gasteiger partial charge >= 0.3 is 0 Å². The molecule has 0 aliphatic rings. The fourth-order valence-corrected chi connectivity index (χ4v) is 1.63. The van der Waals surface area contributed by atoms with Gasteiger partial charge in [0, 0.05) is 6.54 Å². The molecule has 0 saturated heterocycles. The Kier molecular flexibility index (Phi) is 3.32. The minimum Gasteiger partial charge on any atom is -0.508 e. The number of benzene rings is 1. The monoisotopic (exact) mass is 179 g/mol. The summed E-state index contributed by atoms with van der Waals surface area (Å²) in [6.07, 6.45) is 0. The van der Waals surface area contributed by atoms with E-state index in [1.165, 1.54) is 5.56 Å². The van der Waals surface area contributed by atoms with Crippen LogP contribution in [0.3, 0.4) is 0 Å². The fourth-order valence-electron chi connectivity index (χ4n) is 1.63. The highest BCUT2D eigenvalue weighted by atomic mass is 16.3. The van der Waals surface area contributed by atoms with Crippen molar-refractivity contribution in [2.45, 2.75) is 19.8 Å². The summed E-state index contributed by atoms with van der Waals surface area (Å²) in [4.78, 5) is 0. The summed E-state index contributed by atoms with van der Waals surface area (Å²) in [6.45, 7) is 5.17. The third kappa shape index (κ3) is 2.46. The SMILES string of the molecule is CNCC(C)c1ccc(O)cc1C. The van der Waals surface area contributed by atoms with Gasteiger partial charge in [-0.15, -0.1) is 0 Å². The van der Waals surface area contributed by atoms with Gasteiger partial charge in [0.15, 0.2) is 0 Å². The van der Waals surface area contributed by atoms with E-state index in [2.05, 4.69) is 12.2 Å². The van der Waals surface area contributed by atoms with Gasteiger partial charge in [0.1, 0.15) is 5.75 Å². The van der Waals surface area contributed by atoms with Gasteiger partial charge in [-0.25, -0.2) is 0 Å². The first-order chi connectivity index (χ1) is 6.15. The van der Waals surface area contributed by atoms with E-state index in [0.717, 1.165) is 12.1 Å². The Hall–Kier alpha value is -1.02. The minimum absolute atomic E-state index is 0.345. The van der Waals surface area contributed by atoms with Crippen LogP contribution in [0.15, 0.2) is 18.2 Å². The van der Waals surface area contributed by atoms with Crippen LogP contribution in [0.4, 0.5) is 0 Å². The lowest BCUT2D eigenvalue weighted by Crippen LogP contribution is -2.15. The molecule has 72 valence electrons. The first-order valence-corrected chi connectivity index (χ1v) is 4.59. The topological polar surface area (TPSA) is 32.3 Å². The average Bonchev–Trinajstić information content (AvgIpc) is 2.04. The van der Waals surface area contributed by atoms with Crippen LogP contribution in [0.1, 0.15) is 24.0 Å². The second kappa shape index (κ2) is 4.28. The number of phenols is 1. The van der Waals surface area contributed by atoms with Gasteiger partial charge in [-0.1, -0.05) is 13.0 Å². The maximum atomic E-state index is 9.23. The molecule has 1 unspecified atom stereocenters. The molecule has 1 atom stereocenters. The van der Waals surface area contributed by atoms with Crippen LogP contribution in [0, 0.1) is 6.92 Å². The van der Waals surface area contributed by atoms with Crippen molar-refractivity contribution in [2.24, 2.45) is 0 Å². The van der Waals surface area contributed by atoms with E-state index >= 15 is 0 Å². The standard InChI is InChI=1S/C11H17NO/c1-8-6-10(13)4-5-11(8)9(2)7-12-3/h4-6,9,12-13H,7H2,1-3H3. The lowest BCUT2D eigenvalue weighted by Gasteiger charge is -2.14. The van der Waals surface area contributed by atoms with Gasteiger partial charge in [-0.2, -0.15) is 0 Å². The van der Waals surface area contributed by atoms with E-state index in [-0.39, 0.29) is 0 Å². The largest absolute Gasteiger partial charge is 0.508 e. The zero-order valence-corrected chi connectivity index (χ0v) is 8.46. The molecule has 1 rings (SSSR count). The van der Waals surface area contributed by atoms with Crippen molar-refractivity contribution < 1.29 is 5.11 Å². The second-order valence-electron chi connectivity index (χ2n) is 3.50. The molecule has 2 heteroatoms. The van der Waals surface area contributed by atoms with Crippen LogP contribution in [0.25, 0.3) is 0 Å². The molecule has 0 aromatic heterocycles. The number of hydrogen-bond acceptors (Lipinski definition) is 2. The van der Waals surface area contributed by atoms with Crippen LogP contribution in [0.5, 0.6) is 5.75 Å². The summed E-state index contributed by atoms with van der Waals surface area (Å²) in [5, 5.41) is 12.4. The molecule has 0 bridgehead atoms. The number of hydrogen-bond donors (Lipinski definition) is 2. The molecule has 1 aromatic rings. The Bertz CT molecular complexity index is 283. The fraction of sp³-hybridized carbons (Fsp3) is 0.455. The van der Waals surface area contributed by atoms with Crippen LogP contribution in [-0.2, 0) is 0 Å². The van der Waals surface area contributed by atoms with Crippen LogP contribution >= 0.6 is 0 Å². The molecule has 0 aliphatic heterocycles. The molecule has 0 fully saturated rings. The smallest absolute Gasteiger partial charge is 0.115 e. The Labute approximate surface area is 79.6 Å². The second-order valence-corrected chi connectivity index (χ2v) is 3.50. The summed E-state index contributed by atoms with van der Waals surface area (Å²) in [6, 6.07) is 5.54. The Morgan fingerprint density at radius 1 is 1.46 bits per heavy atom. The highest BCUT2D eigenvalue weighted by molar-refractivity contribution is 5.35. The molecular weight excluding hydrogens is 162 g/mol. The highest BCUT2D eigenvalue weighted by Crippen LogP contribution is 2.22. The predicted molar refractivity (Wildman–Crippen MR) is 55.2 cm³/mol. The number of phenolic OH excluding ortho intramolecular Hbond substituents is 1. The third-order valence-electron chi connectivity index (χ3n) is 2.29. The number of rotatable bonds is 3. The molecule has 0 saturated carbocycles. The molecular formula is C11H17NO. The lowest BCUT2D eigenvalue weighted by molar-refractivity contribution is 0.474. The first-order valence-electron chi connectivity index (χ1n) is 4.59. The van der Waals surface area contributed by atoms with E-state index in [0.29, 0.717) is 11.7 Å². The van der Waals surface area contributed by atoms with E-state index < -0.39 is 0 Å². The average molecular weight is 179 g/mol. The van der Waals surface area contributed by atoms with Gasteiger partial charge < -0.3 is 10.4 Å². The molecule has 0 spiro atoms. The zero-order valence-electron chi connectivity index (χ0n) is 8.46. The zero-order chi connectivity index (χ0) is 9.84. The predicted octanol–water partition coefficient (Wildman–Crippen LogP) is 2.02. The third-order valence-corrected chi connectivity index (χ3v) is 2.29. The Balaban J connectivity index is 2.88. The molecule has 0 radical (unpaired) electrons. The van der Waals surface area contributed by atoms with E-state index in [1.807, 2.05) is 26.1 Å². The van der Waals surface area contributed by atoms with E-state index in [4.69, 9.17) is 0 Å². The molecule has 2 N–H and O–H groups in total. The molecule has 1 aromatic carbocycles.